The van der Waals surface area contributed by atoms with E-state index in [2.05, 4.69) is 37.1 Å². The highest BCUT2D eigenvalue weighted by Crippen LogP contribution is 2.38. The summed E-state index contributed by atoms with van der Waals surface area (Å²) in [6.45, 7) is 2.99. The van der Waals surface area contributed by atoms with Gasteiger partial charge in [0.2, 0.25) is 0 Å². The van der Waals surface area contributed by atoms with Crippen molar-refractivity contribution < 1.29 is 0 Å². The Bertz CT molecular complexity index is 528. The van der Waals surface area contributed by atoms with Crippen molar-refractivity contribution in [2.75, 3.05) is 13.6 Å². The molecule has 1 aliphatic rings. The summed E-state index contributed by atoms with van der Waals surface area (Å²) < 4.78 is 1.27. The van der Waals surface area contributed by atoms with E-state index in [9.17, 15) is 0 Å². The van der Waals surface area contributed by atoms with Gasteiger partial charge in [-0.3, -0.25) is 4.90 Å². The highest BCUT2D eigenvalue weighted by molar-refractivity contribution is 7.18. The first-order valence-corrected chi connectivity index (χ1v) is 7.80. The van der Waals surface area contributed by atoms with Crippen molar-refractivity contribution in [2.24, 2.45) is 11.7 Å². The number of fused-ring (bicyclic) bond motifs is 1. The fourth-order valence-electron chi connectivity index (χ4n) is 2.70. The molecule has 2 unspecified atom stereocenters. The van der Waals surface area contributed by atoms with Crippen molar-refractivity contribution in [1.82, 2.24) is 9.88 Å². The summed E-state index contributed by atoms with van der Waals surface area (Å²) in [6.07, 6.45) is 2.66. The number of para-hydroxylation sites is 1. The monoisotopic (exact) mass is 275 g/mol. The largest absolute Gasteiger partial charge is 0.329 e. The lowest BCUT2D eigenvalue weighted by molar-refractivity contribution is 0.170. The standard InChI is InChI=1S/C15H21N3S/c1-10(18(2)13(9-16)11-7-8-11)15-17-12-5-3-4-6-14(12)19-15/h3-6,10-11,13H,7-9,16H2,1-2H3. The van der Waals surface area contributed by atoms with E-state index >= 15 is 0 Å². The highest BCUT2D eigenvalue weighted by atomic mass is 32.1. The number of aromatic nitrogens is 1. The second-order valence-electron chi connectivity index (χ2n) is 5.50. The van der Waals surface area contributed by atoms with Crippen LogP contribution in [0.2, 0.25) is 0 Å². The van der Waals surface area contributed by atoms with Gasteiger partial charge in [-0.15, -0.1) is 11.3 Å². The minimum atomic E-state index is 0.339. The topological polar surface area (TPSA) is 42.2 Å². The number of hydrogen-bond donors (Lipinski definition) is 1. The fourth-order valence-corrected chi connectivity index (χ4v) is 3.77. The molecule has 2 atom stereocenters. The number of rotatable bonds is 5. The molecule has 3 rings (SSSR count). The van der Waals surface area contributed by atoms with E-state index in [1.807, 2.05) is 6.07 Å². The van der Waals surface area contributed by atoms with Gasteiger partial charge in [0.05, 0.1) is 16.3 Å². The van der Waals surface area contributed by atoms with Crippen LogP contribution < -0.4 is 5.73 Å². The maximum Gasteiger partial charge on any atom is 0.111 e. The van der Waals surface area contributed by atoms with Gasteiger partial charge in [-0.1, -0.05) is 12.1 Å². The van der Waals surface area contributed by atoms with Crippen LogP contribution in [-0.4, -0.2) is 29.5 Å². The normalized spacial score (nSPS) is 18.9. The second kappa shape index (κ2) is 5.19. The molecule has 1 heterocycles. The molecule has 102 valence electrons. The number of thiazole rings is 1. The van der Waals surface area contributed by atoms with E-state index in [1.54, 1.807) is 11.3 Å². The van der Waals surface area contributed by atoms with Gasteiger partial charge in [0.1, 0.15) is 5.01 Å². The van der Waals surface area contributed by atoms with Crippen LogP contribution in [0.1, 0.15) is 30.8 Å². The molecule has 0 aliphatic heterocycles. The first-order valence-electron chi connectivity index (χ1n) is 6.98. The van der Waals surface area contributed by atoms with Crippen LogP contribution in [0.4, 0.5) is 0 Å². The Morgan fingerprint density at radius 2 is 2.16 bits per heavy atom. The van der Waals surface area contributed by atoms with Crippen LogP contribution in [0.25, 0.3) is 10.2 Å². The third-order valence-electron chi connectivity index (χ3n) is 4.21. The van der Waals surface area contributed by atoms with E-state index in [0.717, 1.165) is 18.0 Å². The zero-order valence-electron chi connectivity index (χ0n) is 11.5. The summed E-state index contributed by atoms with van der Waals surface area (Å²) in [7, 11) is 2.19. The summed E-state index contributed by atoms with van der Waals surface area (Å²) in [5, 5.41) is 1.20. The molecule has 0 amide bonds. The lowest BCUT2D eigenvalue weighted by atomic mass is 10.1. The maximum absolute atomic E-state index is 5.95. The molecule has 2 aromatic rings. The van der Waals surface area contributed by atoms with Gasteiger partial charge < -0.3 is 5.73 Å². The smallest absolute Gasteiger partial charge is 0.111 e. The molecule has 3 nitrogen and oxygen atoms in total. The molecule has 2 N–H and O–H groups in total. The number of benzene rings is 1. The quantitative estimate of drug-likeness (QED) is 0.912. The molecule has 1 aromatic carbocycles. The molecular weight excluding hydrogens is 254 g/mol. The van der Waals surface area contributed by atoms with Crippen molar-refractivity contribution in [3.8, 4) is 0 Å². The Balaban J connectivity index is 1.83. The molecule has 1 saturated carbocycles. The van der Waals surface area contributed by atoms with Crippen LogP contribution in [0.15, 0.2) is 24.3 Å². The van der Waals surface area contributed by atoms with Crippen molar-refractivity contribution in [3.05, 3.63) is 29.3 Å². The summed E-state index contributed by atoms with van der Waals surface area (Å²) in [5.74, 6) is 0.798. The number of likely N-dealkylation sites (N-methyl/N-ethyl adjacent to an activating group) is 1. The van der Waals surface area contributed by atoms with Gasteiger partial charge >= 0.3 is 0 Å². The van der Waals surface area contributed by atoms with Crippen molar-refractivity contribution in [1.29, 1.82) is 0 Å². The fraction of sp³-hybridized carbons (Fsp3) is 0.533. The summed E-state index contributed by atoms with van der Waals surface area (Å²) in [6, 6.07) is 9.19. The number of nitrogens with two attached hydrogens (primary N) is 1. The molecular formula is C15H21N3S. The predicted molar refractivity (Wildman–Crippen MR) is 81.4 cm³/mol. The molecule has 19 heavy (non-hydrogen) atoms. The zero-order valence-corrected chi connectivity index (χ0v) is 12.4. The molecule has 4 heteroatoms. The van der Waals surface area contributed by atoms with E-state index in [-0.39, 0.29) is 0 Å². The average Bonchev–Trinajstić information content (AvgIpc) is 3.16. The van der Waals surface area contributed by atoms with Gasteiger partial charge in [-0.05, 0) is 44.9 Å². The summed E-state index contributed by atoms with van der Waals surface area (Å²) in [5.41, 5.74) is 7.06. The van der Waals surface area contributed by atoms with Crippen LogP contribution in [0.3, 0.4) is 0 Å². The van der Waals surface area contributed by atoms with Crippen LogP contribution in [0, 0.1) is 5.92 Å². The van der Waals surface area contributed by atoms with Gasteiger partial charge in [0.25, 0.3) is 0 Å². The van der Waals surface area contributed by atoms with Crippen LogP contribution >= 0.6 is 11.3 Å². The van der Waals surface area contributed by atoms with E-state index < -0.39 is 0 Å². The molecule has 0 saturated heterocycles. The lowest BCUT2D eigenvalue weighted by Crippen LogP contribution is -2.41. The third kappa shape index (κ3) is 2.53. The minimum Gasteiger partial charge on any atom is -0.329 e. The lowest BCUT2D eigenvalue weighted by Gasteiger charge is -2.31. The third-order valence-corrected chi connectivity index (χ3v) is 5.42. The van der Waals surface area contributed by atoms with Gasteiger partial charge in [0.15, 0.2) is 0 Å². The SMILES string of the molecule is CC(c1nc2ccccc2s1)N(C)C(CN)C1CC1. The Kier molecular flexibility index (Phi) is 3.56. The van der Waals surface area contributed by atoms with E-state index in [0.29, 0.717) is 12.1 Å². The Morgan fingerprint density at radius 1 is 1.42 bits per heavy atom. The van der Waals surface area contributed by atoms with Crippen molar-refractivity contribution in [3.63, 3.8) is 0 Å². The van der Waals surface area contributed by atoms with E-state index in [1.165, 1.54) is 22.5 Å². The molecule has 1 aromatic heterocycles. The first kappa shape index (κ1) is 13.0. The van der Waals surface area contributed by atoms with Gasteiger partial charge in [-0.2, -0.15) is 0 Å². The number of hydrogen-bond acceptors (Lipinski definition) is 4. The van der Waals surface area contributed by atoms with Gasteiger partial charge in [-0.25, -0.2) is 4.98 Å². The summed E-state index contributed by atoms with van der Waals surface area (Å²) in [4.78, 5) is 7.18. The first-order chi connectivity index (χ1) is 9.20. The van der Waals surface area contributed by atoms with Crippen LogP contribution in [-0.2, 0) is 0 Å². The molecule has 1 aliphatic carbocycles. The van der Waals surface area contributed by atoms with Crippen LogP contribution in [0.5, 0.6) is 0 Å². The molecule has 1 fully saturated rings. The highest BCUT2D eigenvalue weighted by Gasteiger charge is 2.35. The maximum atomic E-state index is 5.95. The summed E-state index contributed by atoms with van der Waals surface area (Å²) >= 11 is 1.80. The minimum absolute atomic E-state index is 0.339. The van der Waals surface area contributed by atoms with E-state index in [4.69, 9.17) is 10.7 Å². The average molecular weight is 275 g/mol. The predicted octanol–water partition coefficient (Wildman–Crippen LogP) is 3.03. The Labute approximate surface area is 118 Å². The molecule has 0 spiro atoms. The van der Waals surface area contributed by atoms with Crippen molar-refractivity contribution >= 4 is 21.6 Å². The molecule has 0 radical (unpaired) electrons. The number of nitrogens with zero attached hydrogens (tertiary/aromatic N) is 2. The van der Waals surface area contributed by atoms with Gasteiger partial charge in [0, 0.05) is 12.6 Å². The Hall–Kier alpha value is -0.970. The second-order valence-corrected chi connectivity index (χ2v) is 6.56. The Morgan fingerprint density at radius 3 is 2.79 bits per heavy atom. The zero-order chi connectivity index (χ0) is 13.4. The van der Waals surface area contributed by atoms with Crippen molar-refractivity contribution in [2.45, 2.75) is 31.8 Å². The molecule has 0 bridgehead atoms.